The molecule has 1 rings (SSSR count). The fourth-order valence-corrected chi connectivity index (χ4v) is 0.889. The Hall–Kier alpha value is -2.56. The fourth-order valence-electron chi connectivity index (χ4n) is 0.889. The predicted molar refractivity (Wildman–Crippen MR) is 78.0 cm³/mol. The Morgan fingerprint density at radius 2 is 1.63 bits per heavy atom. The van der Waals surface area contributed by atoms with Crippen LogP contribution in [-0.2, 0) is 4.79 Å². The molecule has 0 bridgehead atoms. The molecule has 0 radical (unpaired) electrons. The van der Waals surface area contributed by atoms with E-state index in [4.69, 9.17) is 5.11 Å². The molecule has 0 atom stereocenters. The minimum atomic E-state index is -0.994. The molecular weight excluding hydrogens is 244 g/mol. The van der Waals surface area contributed by atoms with E-state index in [0.29, 0.717) is 5.69 Å². The summed E-state index contributed by atoms with van der Waals surface area (Å²) in [5.41, 5.74) is 5.33. The summed E-state index contributed by atoms with van der Waals surface area (Å²) < 4.78 is 0. The highest BCUT2D eigenvalue weighted by Gasteiger charge is 2.02. The van der Waals surface area contributed by atoms with Gasteiger partial charge < -0.3 is 16.2 Å². The van der Waals surface area contributed by atoms with Crippen LogP contribution in [0.25, 0.3) is 0 Å². The molecule has 0 aliphatic rings. The topological polar surface area (TPSA) is 92.4 Å². The first kappa shape index (κ1) is 18.8. The van der Waals surface area contributed by atoms with Gasteiger partial charge in [-0.3, -0.25) is 4.79 Å². The molecule has 104 valence electrons. The Balaban J connectivity index is 0. The second-order valence-corrected chi connectivity index (χ2v) is 2.81. The van der Waals surface area contributed by atoms with Gasteiger partial charge in [0.15, 0.2) is 0 Å². The van der Waals surface area contributed by atoms with E-state index < -0.39 is 5.97 Å². The minimum Gasteiger partial charge on any atom is -0.478 e. The molecule has 0 unspecified atom stereocenters. The molecule has 0 heterocycles. The highest BCUT2D eigenvalue weighted by atomic mass is 16.4. The van der Waals surface area contributed by atoms with Crippen molar-refractivity contribution in [3.8, 4) is 0 Å². The summed E-state index contributed by atoms with van der Waals surface area (Å²) in [5, 5.41) is 11.1. The molecule has 0 aliphatic carbocycles. The summed E-state index contributed by atoms with van der Waals surface area (Å²) in [6.45, 7) is 10.4. The van der Waals surface area contributed by atoms with Crippen molar-refractivity contribution in [1.82, 2.24) is 0 Å². The number of hydrogen-bond acceptors (Lipinski definition) is 3. The van der Waals surface area contributed by atoms with Gasteiger partial charge in [0.05, 0.1) is 5.56 Å². The molecule has 0 fully saturated rings. The first-order valence-electron chi connectivity index (χ1n) is 5.64. The van der Waals surface area contributed by atoms with Crippen LogP contribution in [0.2, 0.25) is 0 Å². The fraction of sp³-hybridized carbons (Fsp3) is 0.143. The molecule has 5 nitrogen and oxygen atoms in total. The summed E-state index contributed by atoms with van der Waals surface area (Å²) in [4.78, 5) is 21.3. The van der Waals surface area contributed by atoms with Gasteiger partial charge in [-0.05, 0) is 36.5 Å². The molecule has 0 aromatic heterocycles. The lowest BCUT2D eigenvalue weighted by atomic mass is 10.2. The van der Waals surface area contributed by atoms with Gasteiger partial charge in [-0.1, -0.05) is 27.0 Å². The van der Waals surface area contributed by atoms with Crippen LogP contribution in [0.5, 0.6) is 0 Å². The van der Waals surface area contributed by atoms with Crippen molar-refractivity contribution in [3.05, 3.63) is 55.3 Å². The third-order valence-corrected chi connectivity index (χ3v) is 1.58. The summed E-state index contributed by atoms with van der Waals surface area (Å²) in [6.07, 6.45) is 2.39. The van der Waals surface area contributed by atoms with E-state index in [-0.39, 0.29) is 11.5 Å². The van der Waals surface area contributed by atoms with Crippen LogP contribution < -0.4 is 11.1 Å². The zero-order chi connectivity index (χ0) is 15.3. The average Bonchev–Trinajstić information content (AvgIpc) is 2.42. The maximum atomic E-state index is 10.9. The number of carbonyl (C=O) groups is 2. The van der Waals surface area contributed by atoms with Crippen molar-refractivity contribution in [1.29, 1.82) is 0 Å². The minimum absolute atomic E-state index is 0.182. The van der Waals surface area contributed by atoms with Crippen LogP contribution in [0.4, 0.5) is 5.69 Å². The van der Waals surface area contributed by atoms with Gasteiger partial charge in [0.25, 0.3) is 0 Å². The molecular formula is C14H20N2O3. The van der Waals surface area contributed by atoms with E-state index in [2.05, 4.69) is 24.2 Å². The van der Waals surface area contributed by atoms with E-state index in [1.165, 1.54) is 30.5 Å². The van der Waals surface area contributed by atoms with Gasteiger partial charge in [0.1, 0.15) is 0 Å². The Bertz CT molecular complexity index is 411. The number of hydrogen-bond donors (Lipinski definition) is 3. The number of carboxylic acid groups (broad SMARTS) is 1. The number of anilines is 1. The zero-order valence-corrected chi connectivity index (χ0v) is 11.2. The monoisotopic (exact) mass is 264 g/mol. The largest absolute Gasteiger partial charge is 0.478 e. The van der Waals surface area contributed by atoms with E-state index >= 15 is 0 Å². The molecule has 1 aromatic carbocycles. The number of nitrogens with one attached hydrogen (secondary N) is 1. The van der Waals surface area contributed by atoms with E-state index in [1.54, 1.807) is 0 Å². The number of nitrogens with two attached hydrogens (primary N) is 1. The summed E-state index contributed by atoms with van der Waals surface area (Å²) in [6, 6.07) is 5.87. The predicted octanol–water partition coefficient (Wildman–Crippen LogP) is 2.62. The van der Waals surface area contributed by atoms with Crippen molar-refractivity contribution in [2.75, 3.05) is 5.32 Å². The molecule has 0 saturated carbocycles. The van der Waals surface area contributed by atoms with Crippen molar-refractivity contribution in [2.24, 2.45) is 5.73 Å². The van der Waals surface area contributed by atoms with E-state index in [1.807, 2.05) is 13.8 Å². The molecule has 0 aliphatic heterocycles. The molecule has 0 saturated heterocycles. The van der Waals surface area contributed by atoms with Crippen LogP contribution >= 0.6 is 0 Å². The summed E-state index contributed by atoms with van der Waals surface area (Å²) in [5.74, 6) is -1.32. The lowest BCUT2D eigenvalue weighted by Gasteiger charge is -2.01. The van der Waals surface area contributed by atoms with Gasteiger partial charge in [-0.15, -0.1) is 0 Å². The van der Waals surface area contributed by atoms with Gasteiger partial charge in [-0.2, -0.15) is 0 Å². The zero-order valence-electron chi connectivity index (χ0n) is 11.2. The molecule has 5 heteroatoms. The van der Waals surface area contributed by atoms with Gasteiger partial charge in [-0.25, -0.2) is 4.79 Å². The number of aromatic carboxylic acids is 1. The maximum absolute atomic E-state index is 10.9. The summed E-state index contributed by atoms with van der Waals surface area (Å²) >= 11 is 0. The van der Waals surface area contributed by atoms with E-state index in [0.717, 1.165) is 6.08 Å². The Labute approximate surface area is 113 Å². The van der Waals surface area contributed by atoms with Crippen LogP contribution in [0, 0.1) is 0 Å². The Kier molecular flexibility index (Phi) is 11.8. The van der Waals surface area contributed by atoms with Gasteiger partial charge in [0.2, 0.25) is 5.91 Å². The smallest absolute Gasteiger partial charge is 0.335 e. The highest BCUT2D eigenvalue weighted by Crippen LogP contribution is 2.09. The van der Waals surface area contributed by atoms with Crippen molar-refractivity contribution >= 4 is 17.6 Å². The van der Waals surface area contributed by atoms with E-state index in [9.17, 15) is 9.59 Å². The third kappa shape index (κ3) is 9.17. The van der Waals surface area contributed by atoms with Crippen LogP contribution in [0.1, 0.15) is 24.2 Å². The lowest BCUT2D eigenvalue weighted by Crippen LogP contribution is -2.07. The second kappa shape index (κ2) is 11.9. The Morgan fingerprint density at radius 3 is 1.95 bits per heavy atom. The quantitative estimate of drug-likeness (QED) is 0.732. The molecule has 19 heavy (non-hydrogen) atoms. The molecule has 1 amide bonds. The number of carboxylic acids is 1. The van der Waals surface area contributed by atoms with Crippen LogP contribution in [-0.4, -0.2) is 17.0 Å². The highest BCUT2D eigenvalue weighted by molar-refractivity contribution is 5.99. The van der Waals surface area contributed by atoms with Crippen molar-refractivity contribution in [3.63, 3.8) is 0 Å². The SMILES string of the molecule is C=CC(=O)Nc1ccc(C(=O)O)cc1.C=CN.CC. The normalized spacial score (nSPS) is 7.68. The first-order chi connectivity index (χ1) is 9.04. The third-order valence-electron chi connectivity index (χ3n) is 1.58. The number of benzene rings is 1. The number of carbonyl (C=O) groups excluding carboxylic acids is 1. The first-order valence-corrected chi connectivity index (χ1v) is 5.64. The Morgan fingerprint density at radius 1 is 1.21 bits per heavy atom. The molecule has 1 aromatic rings. The van der Waals surface area contributed by atoms with Crippen molar-refractivity contribution in [2.45, 2.75) is 13.8 Å². The molecule has 0 spiro atoms. The van der Waals surface area contributed by atoms with Crippen LogP contribution in [0.15, 0.2) is 49.7 Å². The average molecular weight is 264 g/mol. The number of rotatable bonds is 3. The van der Waals surface area contributed by atoms with Crippen LogP contribution in [0.3, 0.4) is 0 Å². The lowest BCUT2D eigenvalue weighted by molar-refractivity contribution is -0.111. The van der Waals surface area contributed by atoms with Gasteiger partial charge in [0, 0.05) is 5.69 Å². The molecule has 4 N–H and O–H groups in total. The summed E-state index contributed by atoms with van der Waals surface area (Å²) in [7, 11) is 0. The second-order valence-electron chi connectivity index (χ2n) is 2.81. The standard InChI is InChI=1S/C10H9NO3.C2H5N.C2H6/c1-2-9(12)11-8-5-3-7(4-6-8)10(13)14;1-2-3;1-2/h2-6H,1H2,(H,11,12)(H,13,14);2H,1,3H2;1-2H3. The number of amides is 1. The van der Waals surface area contributed by atoms with Crippen molar-refractivity contribution < 1.29 is 14.7 Å². The maximum Gasteiger partial charge on any atom is 0.335 e. The van der Waals surface area contributed by atoms with Gasteiger partial charge >= 0.3 is 5.97 Å².